The summed E-state index contributed by atoms with van der Waals surface area (Å²) in [6, 6.07) is 4.21. The van der Waals surface area contributed by atoms with Gasteiger partial charge in [0, 0.05) is 19.1 Å². The molecule has 1 aromatic rings. The number of hydrogen-bond donors (Lipinski definition) is 1. The molecule has 1 saturated heterocycles. The van der Waals surface area contributed by atoms with Crippen LogP contribution in [0, 0.1) is 5.82 Å². The van der Waals surface area contributed by atoms with Gasteiger partial charge in [0.15, 0.2) is 0 Å². The Labute approximate surface area is 136 Å². The van der Waals surface area contributed by atoms with Crippen LogP contribution in [0.25, 0.3) is 0 Å². The van der Waals surface area contributed by atoms with Crippen molar-refractivity contribution in [2.24, 2.45) is 0 Å². The van der Waals surface area contributed by atoms with Crippen LogP contribution in [0.4, 0.5) is 4.39 Å². The summed E-state index contributed by atoms with van der Waals surface area (Å²) in [4.78, 5) is 0. The van der Waals surface area contributed by atoms with Crippen molar-refractivity contribution in [2.75, 3.05) is 20.1 Å². The Hall–Kier alpha value is -0.400. The zero-order valence-corrected chi connectivity index (χ0v) is 14.1. The highest BCUT2D eigenvalue weighted by Crippen LogP contribution is 2.21. The van der Waals surface area contributed by atoms with Crippen molar-refractivity contribution in [3.05, 3.63) is 34.6 Å². The number of nitrogens with one attached hydrogen (secondary N) is 1. The van der Waals surface area contributed by atoms with Gasteiger partial charge in [-0.15, -0.1) is 12.4 Å². The van der Waals surface area contributed by atoms with Crippen LogP contribution >= 0.6 is 24.0 Å². The van der Waals surface area contributed by atoms with Crippen molar-refractivity contribution in [2.45, 2.75) is 24.6 Å². The van der Waals surface area contributed by atoms with Gasteiger partial charge in [-0.3, -0.25) is 0 Å². The Balaban J connectivity index is 0.00000220. The molecule has 1 N–H and O–H groups in total. The molecule has 1 fully saturated rings. The van der Waals surface area contributed by atoms with E-state index in [1.54, 1.807) is 0 Å². The summed E-state index contributed by atoms with van der Waals surface area (Å²) < 4.78 is 39.3. The van der Waals surface area contributed by atoms with Gasteiger partial charge in [-0.2, -0.15) is 0 Å². The quantitative estimate of drug-likeness (QED) is 0.901. The van der Waals surface area contributed by atoms with E-state index in [9.17, 15) is 12.8 Å². The molecule has 1 aliphatic heterocycles. The van der Waals surface area contributed by atoms with Gasteiger partial charge in [0.2, 0.25) is 10.0 Å². The van der Waals surface area contributed by atoms with Crippen LogP contribution in [0.5, 0.6) is 0 Å². The van der Waals surface area contributed by atoms with E-state index >= 15 is 0 Å². The number of hydrogen-bond acceptors (Lipinski definition) is 3. The maximum absolute atomic E-state index is 13.1. The average Bonchev–Trinajstić information content (AvgIpc) is 2.43. The molecular formula is C13H19Cl2FN2O2S. The lowest BCUT2D eigenvalue weighted by atomic mass is 10.1. The summed E-state index contributed by atoms with van der Waals surface area (Å²) in [6.45, 7) is 1.02. The maximum atomic E-state index is 13.1. The van der Waals surface area contributed by atoms with E-state index in [2.05, 4.69) is 5.32 Å². The minimum absolute atomic E-state index is 0. The monoisotopic (exact) mass is 356 g/mol. The van der Waals surface area contributed by atoms with Gasteiger partial charge in [0.1, 0.15) is 5.82 Å². The molecule has 4 nitrogen and oxygen atoms in total. The zero-order valence-electron chi connectivity index (χ0n) is 11.7. The van der Waals surface area contributed by atoms with Gasteiger partial charge in [0.25, 0.3) is 0 Å². The Morgan fingerprint density at radius 2 is 2.19 bits per heavy atom. The first kappa shape index (κ1) is 18.6. The average molecular weight is 357 g/mol. The van der Waals surface area contributed by atoms with Crippen LogP contribution in [0.15, 0.2) is 18.2 Å². The Kier molecular flexibility index (Phi) is 6.87. The molecule has 0 bridgehead atoms. The second-order valence-electron chi connectivity index (χ2n) is 4.99. The smallest absolute Gasteiger partial charge is 0.218 e. The molecule has 1 atom stereocenters. The van der Waals surface area contributed by atoms with Crippen LogP contribution in [-0.4, -0.2) is 38.9 Å². The molecule has 1 heterocycles. The third kappa shape index (κ3) is 4.79. The van der Waals surface area contributed by atoms with Gasteiger partial charge >= 0.3 is 0 Å². The zero-order chi connectivity index (χ0) is 14.8. The number of piperidine rings is 1. The predicted molar refractivity (Wildman–Crippen MR) is 84.9 cm³/mol. The molecule has 1 aromatic carbocycles. The van der Waals surface area contributed by atoms with Crippen molar-refractivity contribution in [3.8, 4) is 0 Å². The SMILES string of the molecule is CNC1CCCN(S(=O)(=O)Cc2ccc(F)c(Cl)c2)C1.Cl. The van der Waals surface area contributed by atoms with Gasteiger partial charge in [-0.25, -0.2) is 17.1 Å². The molecule has 21 heavy (non-hydrogen) atoms. The summed E-state index contributed by atoms with van der Waals surface area (Å²) in [7, 11) is -1.56. The largest absolute Gasteiger partial charge is 0.316 e. The van der Waals surface area contributed by atoms with E-state index in [4.69, 9.17) is 11.6 Å². The van der Waals surface area contributed by atoms with E-state index in [0.29, 0.717) is 18.7 Å². The summed E-state index contributed by atoms with van der Waals surface area (Å²) in [6.07, 6.45) is 1.82. The molecule has 0 saturated carbocycles. The number of likely N-dealkylation sites (N-methyl/N-ethyl adjacent to an activating group) is 1. The molecular weight excluding hydrogens is 338 g/mol. The number of nitrogens with zero attached hydrogens (tertiary/aromatic N) is 1. The lowest BCUT2D eigenvalue weighted by Gasteiger charge is -2.31. The molecule has 8 heteroatoms. The van der Waals surface area contributed by atoms with Crippen molar-refractivity contribution < 1.29 is 12.8 Å². The van der Waals surface area contributed by atoms with Gasteiger partial charge in [0.05, 0.1) is 10.8 Å². The molecule has 120 valence electrons. The van der Waals surface area contributed by atoms with Gasteiger partial charge < -0.3 is 5.32 Å². The molecule has 0 aromatic heterocycles. The number of sulfonamides is 1. The topological polar surface area (TPSA) is 49.4 Å². The van der Waals surface area contributed by atoms with Crippen molar-refractivity contribution in [3.63, 3.8) is 0 Å². The highest BCUT2D eigenvalue weighted by atomic mass is 35.5. The summed E-state index contributed by atoms with van der Waals surface area (Å²) in [5, 5.41) is 3.06. The molecule has 1 unspecified atom stereocenters. The van der Waals surface area contributed by atoms with Crippen LogP contribution in [0.2, 0.25) is 5.02 Å². The van der Waals surface area contributed by atoms with Crippen LogP contribution in [-0.2, 0) is 15.8 Å². The second kappa shape index (κ2) is 7.74. The molecule has 2 rings (SSSR count). The first-order valence-corrected chi connectivity index (χ1v) is 8.50. The van der Waals surface area contributed by atoms with Crippen molar-refractivity contribution in [1.82, 2.24) is 9.62 Å². The second-order valence-corrected chi connectivity index (χ2v) is 7.37. The minimum atomic E-state index is -3.40. The van der Waals surface area contributed by atoms with Crippen molar-refractivity contribution >= 4 is 34.0 Å². The minimum Gasteiger partial charge on any atom is -0.316 e. The number of halogens is 3. The third-order valence-corrected chi connectivity index (χ3v) is 5.63. The highest BCUT2D eigenvalue weighted by molar-refractivity contribution is 7.88. The first-order valence-electron chi connectivity index (χ1n) is 6.51. The van der Waals surface area contributed by atoms with E-state index in [-0.39, 0.29) is 29.2 Å². The van der Waals surface area contributed by atoms with E-state index in [0.717, 1.165) is 12.8 Å². The third-order valence-electron chi connectivity index (χ3n) is 3.52. The van der Waals surface area contributed by atoms with Crippen LogP contribution in [0.3, 0.4) is 0 Å². The van der Waals surface area contributed by atoms with Gasteiger partial charge in [-0.1, -0.05) is 17.7 Å². The first-order chi connectivity index (χ1) is 9.42. The molecule has 1 aliphatic rings. The standard InChI is InChI=1S/C13H18ClFN2O2S.ClH/c1-16-11-3-2-6-17(8-11)20(18,19)9-10-4-5-13(15)12(14)7-10;/h4-5,7,11,16H,2-3,6,8-9H2,1H3;1H. The van der Waals surface area contributed by atoms with Crippen LogP contribution < -0.4 is 5.32 Å². The van der Waals surface area contributed by atoms with E-state index in [1.807, 2.05) is 7.05 Å². The van der Waals surface area contributed by atoms with E-state index < -0.39 is 15.8 Å². The fraction of sp³-hybridized carbons (Fsp3) is 0.538. The summed E-state index contributed by atoms with van der Waals surface area (Å²) in [5.41, 5.74) is 0.503. The van der Waals surface area contributed by atoms with Crippen LogP contribution in [0.1, 0.15) is 18.4 Å². The number of rotatable bonds is 4. The Bertz CT molecular complexity index is 584. The fourth-order valence-electron chi connectivity index (χ4n) is 2.36. The Morgan fingerprint density at radius 3 is 2.81 bits per heavy atom. The molecule has 0 radical (unpaired) electrons. The molecule has 0 spiro atoms. The fourth-order valence-corrected chi connectivity index (χ4v) is 4.16. The van der Waals surface area contributed by atoms with E-state index in [1.165, 1.54) is 22.5 Å². The summed E-state index contributed by atoms with van der Waals surface area (Å²) in [5.74, 6) is -0.690. The normalized spacial score (nSPS) is 20.0. The van der Waals surface area contributed by atoms with Gasteiger partial charge in [-0.05, 0) is 37.6 Å². The van der Waals surface area contributed by atoms with Crippen molar-refractivity contribution in [1.29, 1.82) is 0 Å². The maximum Gasteiger partial charge on any atom is 0.218 e. The predicted octanol–water partition coefficient (Wildman–Crippen LogP) is 2.41. The summed E-state index contributed by atoms with van der Waals surface area (Å²) >= 11 is 5.68. The lowest BCUT2D eigenvalue weighted by molar-refractivity contribution is 0.292. The lowest BCUT2D eigenvalue weighted by Crippen LogP contribution is -2.47. The highest BCUT2D eigenvalue weighted by Gasteiger charge is 2.28. The molecule has 0 aliphatic carbocycles. The molecule has 0 amide bonds. The Morgan fingerprint density at radius 1 is 1.48 bits per heavy atom. The number of benzene rings is 1.